The zero-order valence-electron chi connectivity index (χ0n) is 22.3. The number of fused-ring (bicyclic) bond motifs is 1. The lowest BCUT2D eigenvalue weighted by molar-refractivity contribution is -0.138. The Kier molecular flexibility index (Phi) is 10.1. The van der Waals surface area contributed by atoms with Gasteiger partial charge in [0.1, 0.15) is 5.82 Å². The van der Waals surface area contributed by atoms with Gasteiger partial charge in [-0.2, -0.15) is 18.3 Å². The second kappa shape index (κ2) is 12.9. The van der Waals surface area contributed by atoms with E-state index in [1.807, 2.05) is 4.90 Å². The molecule has 14 heteroatoms. The number of nitrogens with two attached hydrogens (primary N) is 1. The highest BCUT2D eigenvalue weighted by atomic mass is 19.4. The van der Waals surface area contributed by atoms with Gasteiger partial charge in [0, 0.05) is 37.7 Å². The van der Waals surface area contributed by atoms with Crippen LogP contribution in [0.3, 0.4) is 0 Å². The predicted molar refractivity (Wildman–Crippen MR) is 139 cm³/mol. The number of anilines is 1. The molecule has 0 amide bonds. The first-order chi connectivity index (χ1) is 18.9. The summed E-state index contributed by atoms with van der Waals surface area (Å²) in [7, 11) is 0. The number of ether oxygens (including phenoxy) is 1. The van der Waals surface area contributed by atoms with Gasteiger partial charge in [0.05, 0.1) is 49.7 Å². The summed E-state index contributed by atoms with van der Waals surface area (Å²) in [6.07, 6.45) is -4.29. The van der Waals surface area contributed by atoms with Gasteiger partial charge in [0.15, 0.2) is 11.3 Å². The summed E-state index contributed by atoms with van der Waals surface area (Å²) in [5.41, 5.74) is 5.60. The number of morpholine rings is 1. The number of carbonyl (C=O) groups is 1. The van der Waals surface area contributed by atoms with Crippen molar-refractivity contribution in [2.75, 3.05) is 57.6 Å². The van der Waals surface area contributed by atoms with Crippen LogP contribution in [0.4, 0.5) is 19.0 Å². The third-order valence-electron chi connectivity index (χ3n) is 6.98. The molecule has 0 radical (unpaired) electrons. The molecule has 11 nitrogen and oxygen atoms in total. The summed E-state index contributed by atoms with van der Waals surface area (Å²) in [4.78, 5) is 18.5. The number of hydrogen-bond acceptors (Lipinski definition) is 9. The lowest BCUT2D eigenvalue weighted by atomic mass is 9.92. The minimum atomic E-state index is -4.45. The minimum absolute atomic E-state index is 0.0541. The molecule has 0 atom stereocenters. The number of aliphatic hydroxyl groups excluding tert-OH is 3. The van der Waals surface area contributed by atoms with E-state index in [4.69, 9.17) is 25.8 Å². The molecule has 40 heavy (non-hydrogen) atoms. The number of aryl methyl sites for hydroxylation is 1. The summed E-state index contributed by atoms with van der Waals surface area (Å²) < 4.78 is 46.6. The number of benzene rings is 1. The standard InChI is InChI=1S/C21H21F3N4O3.C5H13NO3/c1-12-14(4-3-5-16(12)21(22,23)24)10-15-13(2)26-28-17(20(29)30)11-18(25-19(15)28)27-6-8-31-9-7-27;6-1-5(2-7,3-8)4-9/h3-5,11H,6-10H2,1-2H3,(H,29,30);7-9H,1-4,6H2. The van der Waals surface area contributed by atoms with E-state index in [9.17, 15) is 23.1 Å². The number of alkyl halides is 3. The maximum absolute atomic E-state index is 13.3. The van der Waals surface area contributed by atoms with Gasteiger partial charge in [-0.1, -0.05) is 12.1 Å². The quantitative estimate of drug-likeness (QED) is 0.268. The van der Waals surface area contributed by atoms with Gasteiger partial charge in [0.25, 0.3) is 0 Å². The number of nitrogens with zero attached hydrogens (tertiary/aromatic N) is 4. The second-order valence-electron chi connectivity index (χ2n) is 9.65. The number of hydrogen-bond donors (Lipinski definition) is 5. The molecule has 4 rings (SSSR count). The molecule has 220 valence electrons. The van der Waals surface area contributed by atoms with Crippen LogP contribution in [0.2, 0.25) is 0 Å². The van der Waals surface area contributed by atoms with E-state index >= 15 is 0 Å². The fraction of sp³-hybridized carbons (Fsp3) is 0.500. The van der Waals surface area contributed by atoms with Crippen molar-refractivity contribution >= 4 is 17.4 Å². The van der Waals surface area contributed by atoms with Crippen LogP contribution in [-0.4, -0.2) is 93.7 Å². The zero-order valence-corrected chi connectivity index (χ0v) is 22.3. The first-order valence-corrected chi connectivity index (χ1v) is 12.5. The van der Waals surface area contributed by atoms with Gasteiger partial charge in [-0.25, -0.2) is 14.3 Å². The normalized spacial score (nSPS) is 14.3. The van der Waals surface area contributed by atoms with Crippen LogP contribution in [0.15, 0.2) is 24.3 Å². The SMILES string of the molecule is Cc1nn2c(C(=O)O)cc(N3CCOCC3)nc2c1Cc1cccc(C(F)(F)F)c1C.NCC(CO)(CO)CO. The van der Waals surface area contributed by atoms with Crippen LogP contribution in [0.25, 0.3) is 5.65 Å². The Morgan fingerprint density at radius 2 is 1.73 bits per heavy atom. The van der Waals surface area contributed by atoms with Crippen LogP contribution < -0.4 is 10.6 Å². The fourth-order valence-corrected chi connectivity index (χ4v) is 4.18. The van der Waals surface area contributed by atoms with Crippen LogP contribution in [0, 0.1) is 19.3 Å². The maximum atomic E-state index is 13.3. The van der Waals surface area contributed by atoms with Crippen LogP contribution in [-0.2, 0) is 17.3 Å². The monoisotopic (exact) mass is 569 g/mol. The summed E-state index contributed by atoms with van der Waals surface area (Å²) in [6.45, 7) is 4.53. The first kappa shape index (κ1) is 31.2. The molecule has 3 heterocycles. The topological polar surface area (TPSA) is 167 Å². The number of carboxylic acids is 1. The number of carboxylic acid groups (broad SMARTS) is 1. The molecule has 1 aliphatic rings. The van der Waals surface area contributed by atoms with Gasteiger partial charge in [0.2, 0.25) is 0 Å². The van der Waals surface area contributed by atoms with Crippen molar-refractivity contribution in [3.8, 4) is 0 Å². The Bertz CT molecular complexity index is 1300. The van der Waals surface area contributed by atoms with E-state index < -0.39 is 23.1 Å². The highest BCUT2D eigenvalue weighted by molar-refractivity contribution is 5.87. The smallest absolute Gasteiger partial charge is 0.416 e. The van der Waals surface area contributed by atoms with Crippen molar-refractivity contribution in [1.82, 2.24) is 14.6 Å². The van der Waals surface area contributed by atoms with Gasteiger partial charge < -0.3 is 35.8 Å². The summed E-state index contributed by atoms with van der Waals surface area (Å²) >= 11 is 0. The molecule has 1 aliphatic heterocycles. The molecule has 0 aliphatic carbocycles. The molecule has 1 saturated heterocycles. The molecule has 2 aromatic heterocycles. The van der Waals surface area contributed by atoms with Crippen LogP contribution >= 0.6 is 0 Å². The summed E-state index contributed by atoms with van der Waals surface area (Å²) in [6, 6.07) is 5.53. The first-order valence-electron chi connectivity index (χ1n) is 12.5. The Hall–Kier alpha value is -3.30. The molecule has 0 saturated carbocycles. The van der Waals surface area contributed by atoms with Gasteiger partial charge in [-0.05, 0) is 31.0 Å². The second-order valence-corrected chi connectivity index (χ2v) is 9.65. The van der Waals surface area contributed by atoms with E-state index in [1.165, 1.54) is 23.6 Å². The molecule has 1 fully saturated rings. The van der Waals surface area contributed by atoms with E-state index in [-0.39, 0.29) is 44.0 Å². The molecule has 3 aromatic rings. The van der Waals surface area contributed by atoms with Crippen molar-refractivity contribution in [2.45, 2.75) is 26.4 Å². The van der Waals surface area contributed by atoms with Crippen molar-refractivity contribution in [3.05, 3.63) is 57.9 Å². The average Bonchev–Trinajstić information content (AvgIpc) is 3.25. The highest BCUT2D eigenvalue weighted by Gasteiger charge is 2.33. The average molecular weight is 570 g/mol. The molecular weight excluding hydrogens is 535 g/mol. The summed E-state index contributed by atoms with van der Waals surface area (Å²) in [5, 5.41) is 39.8. The molecular formula is C26H34F3N5O6. The Morgan fingerprint density at radius 1 is 1.10 bits per heavy atom. The largest absolute Gasteiger partial charge is 0.477 e. The fourth-order valence-electron chi connectivity index (χ4n) is 4.18. The van der Waals surface area contributed by atoms with Gasteiger partial charge in [-0.3, -0.25) is 0 Å². The van der Waals surface area contributed by atoms with Crippen molar-refractivity contribution in [2.24, 2.45) is 11.1 Å². The lowest BCUT2D eigenvalue weighted by Crippen LogP contribution is -2.41. The third-order valence-corrected chi connectivity index (χ3v) is 6.98. The molecule has 0 spiro atoms. The van der Waals surface area contributed by atoms with E-state index in [2.05, 4.69) is 10.1 Å². The van der Waals surface area contributed by atoms with Crippen molar-refractivity contribution in [1.29, 1.82) is 0 Å². The van der Waals surface area contributed by atoms with Crippen molar-refractivity contribution in [3.63, 3.8) is 0 Å². The minimum Gasteiger partial charge on any atom is -0.477 e. The number of rotatable bonds is 8. The third kappa shape index (κ3) is 6.70. The Morgan fingerprint density at radius 3 is 2.23 bits per heavy atom. The highest BCUT2D eigenvalue weighted by Crippen LogP contribution is 2.34. The maximum Gasteiger partial charge on any atom is 0.416 e. The molecule has 1 aromatic carbocycles. The molecule has 0 bridgehead atoms. The summed E-state index contributed by atoms with van der Waals surface area (Å²) in [5.74, 6) is -0.679. The van der Waals surface area contributed by atoms with Crippen LogP contribution in [0.1, 0.15) is 38.4 Å². The molecule has 0 unspecified atom stereocenters. The number of halogens is 3. The van der Waals surface area contributed by atoms with Gasteiger partial charge in [-0.15, -0.1) is 0 Å². The number of aromatic nitrogens is 3. The van der Waals surface area contributed by atoms with E-state index in [0.717, 1.165) is 6.07 Å². The predicted octanol–water partition coefficient (Wildman–Crippen LogP) is 1.40. The lowest BCUT2D eigenvalue weighted by Gasteiger charge is -2.28. The molecule has 6 N–H and O–H groups in total. The van der Waals surface area contributed by atoms with E-state index in [0.29, 0.717) is 54.6 Å². The Balaban J connectivity index is 0.000000424. The van der Waals surface area contributed by atoms with Crippen molar-refractivity contribution < 1.29 is 43.1 Å². The van der Waals surface area contributed by atoms with Crippen LogP contribution in [0.5, 0.6) is 0 Å². The van der Waals surface area contributed by atoms with Gasteiger partial charge >= 0.3 is 12.1 Å². The van der Waals surface area contributed by atoms with E-state index in [1.54, 1.807) is 13.0 Å². The number of aromatic carboxylic acids is 1. The number of aliphatic hydroxyl groups is 3. The zero-order chi connectivity index (χ0) is 29.7. The Labute approximate surface area is 228 Å².